The number of hydrogen-bond donors (Lipinski definition) is 1. The second-order valence-electron chi connectivity index (χ2n) is 7.16. The summed E-state index contributed by atoms with van der Waals surface area (Å²) >= 11 is 0. The van der Waals surface area contributed by atoms with E-state index in [4.69, 9.17) is 0 Å². The summed E-state index contributed by atoms with van der Waals surface area (Å²) in [6.45, 7) is 3.97. The Hall–Kier alpha value is -3.25. The predicted octanol–water partition coefficient (Wildman–Crippen LogP) is 2.29. The van der Waals surface area contributed by atoms with Gasteiger partial charge in [0, 0.05) is 23.3 Å². The highest BCUT2D eigenvalue weighted by Gasteiger charge is 2.25. The number of carbonyl (C=O) groups excluding carboxylic acids is 1. The largest absolute Gasteiger partial charge is 0.328 e. The van der Waals surface area contributed by atoms with Crippen LogP contribution in [0.15, 0.2) is 66.7 Å². The first-order chi connectivity index (χ1) is 13.6. The molecule has 3 aromatic rings. The van der Waals surface area contributed by atoms with Crippen molar-refractivity contribution in [1.29, 1.82) is 0 Å². The van der Waals surface area contributed by atoms with Gasteiger partial charge in [-0.3, -0.25) is 14.9 Å². The summed E-state index contributed by atoms with van der Waals surface area (Å²) in [6, 6.07) is 20.8. The molecule has 1 aliphatic rings. The van der Waals surface area contributed by atoms with Crippen molar-refractivity contribution < 1.29 is 14.6 Å². The van der Waals surface area contributed by atoms with E-state index in [0.717, 1.165) is 19.6 Å². The van der Waals surface area contributed by atoms with E-state index in [-0.39, 0.29) is 11.6 Å². The zero-order valence-corrected chi connectivity index (χ0v) is 15.5. The molecule has 6 heteroatoms. The van der Waals surface area contributed by atoms with Gasteiger partial charge in [-0.05, 0) is 16.8 Å². The smallest absolute Gasteiger partial charge is 0.270 e. The van der Waals surface area contributed by atoms with Gasteiger partial charge in [-0.1, -0.05) is 48.5 Å². The molecule has 1 aliphatic heterocycles. The van der Waals surface area contributed by atoms with E-state index in [1.807, 2.05) is 0 Å². The summed E-state index contributed by atoms with van der Waals surface area (Å²) in [5.41, 5.74) is 1.66. The molecule has 28 heavy (non-hydrogen) atoms. The third-order valence-corrected chi connectivity index (χ3v) is 5.38. The maximum Gasteiger partial charge on any atom is 0.270 e. The van der Waals surface area contributed by atoms with Crippen LogP contribution in [0.4, 0.5) is 5.69 Å². The van der Waals surface area contributed by atoms with Crippen LogP contribution in [-0.2, 0) is 6.54 Å². The van der Waals surface area contributed by atoms with Crippen LogP contribution in [-0.4, -0.2) is 41.9 Å². The number of rotatable bonds is 4. The number of amides is 1. The molecule has 0 spiro atoms. The fraction of sp³-hybridized carbons (Fsp3) is 0.227. The molecule has 0 radical (unpaired) electrons. The fourth-order valence-electron chi connectivity index (χ4n) is 3.85. The first-order valence-corrected chi connectivity index (χ1v) is 9.46. The highest BCUT2D eigenvalue weighted by atomic mass is 16.6. The molecular weight excluding hydrogens is 354 g/mol. The number of benzene rings is 3. The molecule has 0 bridgehead atoms. The second-order valence-corrected chi connectivity index (χ2v) is 7.16. The third-order valence-electron chi connectivity index (χ3n) is 5.38. The topological polar surface area (TPSA) is 67.9 Å². The van der Waals surface area contributed by atoms with E-state index in [1.54, 1.807) is 17.0 Å². The molecule has 0 saturated carbocycles. The van der Waals surface area contributed by atoms with Gasteiger partial charge in [0.1, 0.15) is 6.54 Å². The molecule has 1 saturated heterocycles. The maximum absolute atomic E-state index is 12.7. The maximum atomic E-state index is 12.7. The van der Waals surface area contributed by atoms with Crippen LogP contribution in [0.1, 0.15) is 15.9 Å². The molecule has 0 atom stereocenters. The van der Waals surface area contributed by atoms with Crippen molar-refractivity contribution in [3.63, 3.8) is 0 Å². The van der Waals surface area contributed by atoms with E-state index in [1.165, 1.54) is 33.4 Å². The molecule has 1 heterocycles. The predicted molar refractivity (Wildman–Crippen MR) is 107 cm³/mol. The third kappa shape index (κ3) is 3.73. The molecule has 0 aromatic heterocycles. The van der Waals surface area contributed by atoms with Crippen LogP contribution in [0.3, 0.4) is 0 Å². The van der Waals surface area contributed by atoms with Crippen molar-refractivity contribution >= 4 is 22.4 Å². The molecular formula is C22H22N3O3+. The number of piperazine rings is 1. The summed E-state index contributed by atoms with van der Waals surface area (Å²) in [6.07, 6.45) is 0. The number of carbonyl (C=O) groups is 1. The van der Waals surface area contributed by atoms with Crippen LogP contribution in [0.2, 0.25) is 0 Å². The van der Waals surface area contributed by atoms with E-state index < -0.39 is 4.92 Å². The molecule has 0 unspecified atom stereocenters. The first-order valence-electron chi connectivity index (χ1n) is 9.46. The number of non-ortho nitro benzene ring substituents is 1. The molecule has 142 valence electrons. The van der Waals surface area contributed by atoms with Crippen LogP contribution in [0.25, 0.3) is 10.8 Å². The lowest BCUT2D eigenvalue weighted by atomic mass is 10.0. The van der Waals surface area contributed by atoms with Gasteiger partial charge in [0.25, 0.3) is 11.6 Å². The van der Waals surface area contributed by atoms with Crippen LogP contribution in [0, 0.1) is 10.1 Å². The van der Waals surface area contributed by atoms with Crippen molar-refractivity contribution in [3.8, 4) is 0 Å². The average Bonchev–Trinajstić information content (AvgIpc) is 2.74. The van der Waals surface area contributed by atoms with Gasteiger partial charge in [-0.2, -0.15) is 0 Å². The summed E-state index contributed by atoms with van der Waals surface area (Å²) in [5.74, 6) is -0.132. The Bertz CT molecular complexity index is 1020. The second kappa shape index (κ2) is 7.78. The van der Waals surface area contributed by atoms with E-state index in [0.29, 0.717) is 18.7 Å². The normalized spacial score (nSPS) is 14.9. The Labute approximate surface area is 163 Å². The SMILES string of the molecule is O=C(c1cccc([N+](=O)[O-])c1)N1CC[NH+](Cc2cccc3ccccc23)CC1. The molecule has 1 N–H and O–H groups in total. The van der Waals surface area contributed by atoms with Crippen molar-refractivity contribution in [2.24, 2.45) is 0 Å². The van der Waals surface area contributed by atoms with E-state index in [2.05, 4.69) is 42.5 Å². The Morgan fingerprint density at radius 3 is 2.50 bits per heavy atom. The highest BCUT2D eigenvalue weighted by molar-refractivity contribution is 5.94. The standard InChI is InChI=1S/C22H21N3O3/c26-22(18-7-4-9-20(15-18)25(27)28)24-13-11-23(12-14-24)16-19-8-3-6-17-5-1-2-10-21(17)19/h1-10,15H,11-14,16H2/p+1. The van der Waals surface area contributed by atoms with Gasteiger partial charge >= 0.3 is 0 Å². The number of hydrogen-bond acceptors (Lipinski definition) is 3. The zero-order chi connectivity index (χ0) is 19.5. The number of fused-ring (bicyclic) bond motifs is 1. The average molecular weight is 376 g/mol. The van der Waals surface area contributed by atoms with Gasteiger partial charge in [0.2, 0.25) is 0 Å². The molecule has 4 rings (SSSR count). The lowest BCUT2D eigenvalue weighted by Crippen LogP contribution is -3.13. The minimum Gasteiger partial charge on any atom is -0.328 e. The number of nitro benzene ring substituents is 1. The highest BCUT2D eigenvalue weighted by Crippen LogP contribution is 2.18. The lowest BCUT2D eigenvalue weighted by molar-refractivity contribution is -0.917. The number of quaternary nitrogens is 1. The summed E-state index contributed by atoms with van der Waals surface area (Å²) in [4.78, 5) is 26.4. The van der Waals surface area contributed by atoms with Crippen LogP contribution >= 0.6 is 0 Å². The van der Waals surface area contributed by atoms with Gasteiger partial charge in [0.05, 0.1) is 31.1 Å². The Balaban J connectivity index is 1.41. The summed E-state index contributed by atoms with van der Waals surface area (Å²) < 4.78 is 0. The fourth-order valence-corrected chi connectivity index (χ4v) is 3.85. The number of nitro groups is 1. The quantitative estimate of drug-likeness (QED) is 0.561. The summed E-state index contributed by atoms with van der Waals surface area (Å²) in [7, 11) is 0. The van der Waals surface area contributed by atoms with Crippen LogP contribution < -0.4 is 4.90 Å². The van der Waals surface area contributed by atoms with E-state index >= 15 is 0 Å². The Morgan fingerprint density at radius 1 is 1.00 bits per heavy atom. The minimum absolute atomic E-state index is 0.0499. The molecule has 1 fully saturated rings. The van der Waals surface area contributed by atoms with Gasteiger partial charge in [-0.15, -0.1) is 0 Å². The molecule has 3 aromatic carbocycles. The van der Waals surface area contributed by atoms with E-state index in [9.17, 15) is 14.9 Å². The van der Waals surface area contributed by atoms with Gasteiger partial charge < -0.3 is 9.80 Å². The van der Waals surface area contributed by atoms with Gasteiger partial charge in [0.15, 0.2) is 0 Å². The molecule has 0 aliphatic carbocycles. The van der Waals surface area contributed by atoms with Crippen molar-refractivity contribution in [2.75, 3.05) is 26.2 Å². The number of nitrogens with zero attached hydrogens (tertiary/aromatic N) is 2. The monoisotopic (exact) mass is 376 g/mol. The van der Waals surface area contributed by atoms with Gasteiger partial charge in [-0.25, -0.2) is 0 Å². The van der Waals surface area contributed by atoms with Crippen molar-refractivity contribution in [1.82, 2.24) is 4.90 Å². The first kappa shape index (κ1) is 18.1. The van der Waals surface area contributed by atoms with Crippen molar-refractivity contribution in [3.05, 3.63) is 88.0 Å². The molecule has 6 nitrogen and oxygen atoms in total. The lowest BCUT2D eigenvalue weighted by Gasteiger charge is -2.32. The Morgan fingerprint density at radius 2 is 1.71 bits per heavy atom. The van der Waals surface area contributed by atoms with Crippen LogP contribution in [0.5, 0.6) is 0 Å². The minimum atomic E-state index is -0.469. The van der Waals surface area contributed by atoms with Crippen molar-refractivity contribution in [2.45, 2.75) is 6.54 Å². The molecule has 1 amide bonds. The number of nitrogens with one attached hydrogen (secondary N) is 1. The Kier molecular flexibility index (Phi) is 5.04. The summed E-state index contributed by atoms with van der Waals surface area (Å²) in [5, 5.41) is 13.5. The zero-order valence-electron chi connectivity index (χ0n) is 15.5.